The zero-order chi connectivity index (χ0) is 24.0. The minimum atomic E-state index is -3.96. The molecule has 33 heavy (non-hydrogen) atoms. The first-order chi connectivity index (χ1) is 15.7. The Morgan fingerprint density at radius 2 is 1.76 bits per heavy atom. The number of nitrogens with zero attached hydrogens (tertiary/aromatic N) is 2. The van der Waals surface area contributed by atoms with Gasteiger partial charge in [-0.3, -0.25) is 9.52 Å². The molecular weight excluding hydrogens is 472 g/mol. The van der Waals surface area contributed by atoms with E-state index in [1.54, 1.807) is 18.2 Å². The summed E-state index contributed by atoms with van der Waals surface area (Å²) in [5.41, 5.74) is 1.21. The number of nitrogens with one attached hydrogen (secondary N) is 2. The van der Waals surface area contributed by atoms with Gasteiger partial charge in [0.25, 0.3) is 15.9 Å². The van der Waals surface area contributed by atoms with Crippen LogP contribution in [0.15, 0.2) is 53.4 Å². The number of ether oxygens (including phenoxy) is 3. The fraction of sp³-hybridized carbons (Fsp3) is 0.190. The smallest absolute Gasteiger partial charge is 0.321 e. The van der Waals surface area contributed by atoms with Crippen molar-refractivity contribution in [2.75, 3.05) is 30.9 Å². The van der Waals surface area contributed by atoms with Gasteiger partial charge in [0, 0.05) is 16.8 Å². The van der Waals surface area contributed by atoms with Crippen molar-refractivity contribution in [1.29, 1.82) is 0 Å². The number of methoxy groups -OCH3 is 2. The monoisotopic (exact) mass is 492 g/mol. The summed E-state index contributed by atoms with van der Waals surface area (Å²) in [6.45, 7) is 1.60. The van der Waals surface area contributed by atoms with Crippen molar-refractivity contribution >= 4 is 39.0 Å². The molecule has 0 bridgehead atoms. The van der Waals surface area contributed by atoms with Gasteiger partial charge in [-0.25, -0.2) is 8.42 Å². The summed E-state index contributed by atoms with van der Waals surface area (Å²) in [6, 6.07) is 12.0. The number of halogens is 1. The van der Waals surface area contributed by atoms with E-state index in [0.717, 1.165) is 5.56 Å². The first-order valence-corrected chi connectivity index (χ1v) is 11.3. The van der Waals surface area contributed by atoms with Gasteiger partial charge in [-0.1, -0.05) is 11.6 Å². The van der Waals surface area contributed by atoms with Crippen molar-refractivity contribution in [3.05, 3.63) is 59.1 Å². The number of aromatic nitrogens is 2. The Bertz CT molecular complexity index is 1230. The molecule has 0 saturated heterocycles. The van der Waals surface area contributed by atoms with Crippen LogP contribution in [0.3, 0.4) is 0 Å². The van der Waals surface area contributed by atoms with Crippen LogP contribution in [0.4, 0.5) is 11.5 Å². The molecule has 0 atom stereocenters. The van der Waals surface area contributed by atoms with Crippen LogP contribution >= 0.6 is 11.6 Å². The summed E-state index contributed by atoms with van der Waals surface area (Å²) >= 11 is 5.90. The highest BCUT2D eigenvalue weighted by molar-refractivity contribution is 7.92. The number of hydrogen-bond donors (Lipinski definition) is 2. The predicted octanol–water partition coefficient (Wildman–Crippen LogP) is 3.27. The highest BCUT2D eigenvalue weighted by Crippen LogP contribution is 2.23. The molecule has 3 aromatic rings. The fourth-order valence-corrected chi connectivity index (χ4v) is 3.90. The van der Waals surface area contributed by atoms with Gasteiger partial charge in [0.15, 0.2) is 12.4 Å². The predicted molar refractivity (Wildman–Crippen MR) is 123 cm³/mol. The van der Waals surface area contributed by atoms with Gasteiger partial charge in [-0.05, 0) is 55.0 Å². The molecule has 2 N–H and O–H groups in total. The molecule has 1 amide bonds. The zero-order valence-electron chi connectivity index (χ0n) is 18.0. The highest BCUT2D eigenvalue weighted by atomic mass is 35.5. The maximum atomic E-state index is 12.7. The summed E-state index contributed by atoms with van der Waals surface area (Å²) in [5.74, 6) is 0.248. The Kier molecular flexibility index (Phi) is 7.56. The SMILES string of the molecule is COc1cc(NS(=O)(=O)c2ccc(NC(=O)COc3ccc(Cl)cc3C)cc2)nc(OC)n1. The lowest BCUT2D eigenvalue weighted by Gasteiger charge is -2.11. The number of amides is 1. The minimum Gasteiger partial charge on any atom is -0.483 e. The summed E-state index contributed by atoms with van der Waals surface area (Å²) in [4.78, 5) is 20.0. The quantitative estimate of drug-likeness (QED) is 0.465. The summed E-state index contributed by atoms with van der Waals surface area (Å²) in [5, 5.41) is 3.22. The molecule has 0 unspecified atom stereocenters. The van der Waals surface area contributed by atoms with E-state index in [2.05, 4.69) is 20.0 Å². The molecule has 1 aromatic heterocycles. The standard InChI is InChI=1S/C21H21ClN4O6S/c1-13-10-14(22)4-9-17(13)32-12-19(27)23-15-5-7-16(8-6-15)33(28,29)26-18-11-20(30-2)25-21(24-18)31-3/h4-11H,12H2,1-3H3,(H,23,27)(H,24,25,26). The lowest BCUT2D eigenvalue weighted by atomic mass is 10.2. The third-order valence-electron chi connectivity index (χ3n) is 4.26. The Morgan fingerprint density at radius 3 is 2.39 bits per heavy atom. The van der Waals surface area contributed by atoms with Crippen LogP contribution in [0.2, 0.25) is 5.02 Å². The molecule has 0 saturated carbocycles. The molecule has 0 fully saturated rings. The molecule has 2 aromatic carbocycles. The second-order valence-corrected chi connectivity index (χ2v) is 8.78. The Labute approximate surface area is 195 Å². The largest absolute Gasteiger partial charge is 0.483 e. The van der Waals surface area contributed by atoms with E-state index in [0.29, 0.717) is 16.5 Å². The number of hydrogen-bond acceptors (Lipinski definition) is 8. The number of aryl methyl sites for hydroxylation is 1. The fourth-order valence-electron chi connectivity index (χ4n) is 2.68. The van der Waals surface area contributed by atoms with E-state index in [4.69, 9.17) is 25.8 Å². The molecule has 0 aliphatic heterocycles. The second kappa shape index (κ2) is 10.4. The molecule has 1 heterocycles. The number of carbonyl (C=O) groups excluding carboxylic acids is 1. The van der Waals surface area contributed by atoms with E-state index in [9.17, 15) is 13.2 Å². The number of rotatable bonds is 9. The molecule has 12 heteroatoms. The summed E-state index contributed by atoms with van der Waals surface area (Å²) < 4.78 is 43.1. The Morgan fingerprint density at radius 1 is 1.03 bits per heavy atom. The van der Waals surface area contributed by atoms with Crippen molar-refractivity contribution in [2.45, 2.75) is 11.8 Å². The van der Waals surface area contributed by atoms with Crippen molar-refractivity contribution in [3.63, 3.8) is 0 Å². The van der Waals surface area contributed by atoms with Crippen LogP contribution in [-0.2, 0) is 14.8 Å². The van der Waals surface area contributed by atoms with Crippen molar-refractivity contribution < 1.29 is 27.4 Å². The highest BCUT2D eigenvalue weighted by Gasteiger charge is 2.17. The second-order valence-electron chi connectivity index (χ2n) is 6.66. The Balaban J connectivity index is 1.63. The van der Waals surface area contributed by atoms with Crippen molar-refractivity contribution in [2.24, 2.45) is 0 Å². The minimum absolute atomic E-state index is 0.0225. The first kappa shape index (κ1) is 24.1. The third-order valence-corrected chi connectivity index (χ3v) is 5.86. The zero-order valence-corrected chi connectivity index (χ0v) is 19.5. The van der Waals surface area contributed by atoms with Crippen LogP contribution in [0.5, 0.6) is 17.6 Å². The van der Waals surface area contributed by atoms with Crippen LogP contribution in [0.25, 0.3) is 0 Å². The average Bonchev–Trinajstić information content (AvgIpc) is 2.78. The van der Waals surface area contributed by atoms with Crippen LogP contribution < -0.4 is 24.2 Å². The van der Waals surface area contributed by atoms with Crippen LogP contribution in [0, 0.1) is 6.92 Å². The van der Waals surface area contributed by atoms with Gasteiger partial charge in [-0.2, -0.15) is 9.97 Å². The molecule has 0 aliphatic rings. The average molecular weight is 493 g/mol. The lowest BCUT2D eigenvalue weighted by molar-refractivity contribution is -0.118. The number of carbonyl (C=O) groups is 1. The van der Waals surface area contributed by atoms with Gasteiger partial charge in [-0.15, -0.1) is 0 Å². The van der Waals surface area contributed by atoms with E-state index in [-0.39, 0.29) is 29.2 Å². The molecule has 3 rings (SSSR count). The van der Waals surface area contributed by atoms with Crippen LogP contribution in [0.1, 0.15) is 5.56 Å². The molecule has 174 valence electrons. The first-order valence-electron chi connectivity index (χ1n) is 9.49. The van der Waals surface area contributed by atoms with Crippen molar-refractivity contribution in [1.82, 2.24) is 9.97 Å². The molecule has 0 aliphatic carbocycles. The van der Waals surface area contributed by atoms with E-state index in [1.807, 2.05) is 6.92 Å². The lowest BCUT2D eigenvalue weighted by Crippen LogP contribution is -2.20. The van der Waals surface area contributed by atoms with E-state index >= 15 is 0 Å². The van der Waals surface area contributed by atoms with Gasteiger partial charge >= 0.3 is 6.01 Å². The van der Waals surface area contributed by atoms with E-state index < -0.39 is 15.9 Å². The molecule has 0 radical (unpaired) electrons. The summed E-state index contributed by atoms with van der Waals surface area (Å²) in [7, 11) is -1.23. The topological polar surface area (TPSA) is 129 Å². The molecular formula is C21H21ClN4O6S. The normalized spacial score (nSPS) is 10.9. The number of anilines is 2. The van der Waals surface area contributed by atoms with Gasteiger partial charge in [0.2, 0.25) is 5.88 Å². The van der Waals surface area contributed by atoms with Gasteiger partial charge in [0.1, 0.15) is 5.75 Å². The van der Waals surface area contributed by atoms with Gasteiger partial charge < -0.3 is 19.5 Å². The number of sulfonamides is 1. The van der Waals surface area contributed by atoms with E-state index in [1.165, 1.54) is 44.6 Å². The maximum Gasteiger partial charge on any atom is 0.321 e. The molecule has 0 spiro atoms. The summed E-state index contributed by atoms with van der Waals surface area (Å²) in [6.07, 6.45) is 0. The van der Waals surface area contributed by atoms with Crippen LogP contribution in [-0.4, -0.2) is 45.1 Å². The van der Waals surface area contributed by atoms with Crippen molar-refractivity contribution in [3.8, 4) is 17.6 Å². The third kappa shape index (κ3) is 6.46. The number of benzene rings is 2. The van der Waals surface area contributed by atoms with Gasteiger partial charge in [0.05, 0.1) is 19.1 Å². The maximum absolute atomic E-state index is 12.7. The molecule has 10 nitrogen and oxygen atoms in total. The Hall–Kier alpha value is -3.57.